The molecule has 1 aliphatic rings. The Hall–Kier alpha value is -1.25. The second kappa shape index (κ2) is 3.72. The van der Waals surface area contributed by atoms with E-state index in [0.717, 1.165) is 36.3 Å². The standard InChI is InChI=1S/C12H18N2O/c1-4-14-9(3)7-8(2)11(14)12(15)13-10-5-6-10/h7,10H,4-6H2,1-3H3,(H,13,15). The highest BCUT2D eigenvalue weighted by atomic mass is 16.2. The Balaban J connectivity index is 2.27. The van der Waals surface area contributed by atoms with Crippen LogP contribution in [0.25, 0.3) is 0 Å². The van der Waals surface area contributed by atoms with E-state index in [4.69, 9.17) is 0 Å². The summed E-state index contributed by atoms with van der Waals surface area (Å²) in [6.45, 7) is 6.97. The van der Waals surface area contributed by atoms with Crippen LogP contribution in [0.2, 0.25) is 0 Å². The molecule has 0 radical (unpaired) electrons. The lowest BCUT2D eigenvalue weighted by atomic mass is 10.2. The number of carbonyl (C=O) groups is 1. The fraction of sp³-hybridized carbons (Fsp3) is 0.583. The highest BCUT2D eigenvalue weighted by Crippen LogP contribution is 2.21. The minimum Gasteiger partial charge on any atom is -0.348 e. The predicted molar refractivity (Wildman–Crippen MR) is 60.1 cm³/mol. The summed E-state index contributed by atoms with van der Waals surface area (Å²) in [6.07, 6.45) is 2.27. The molecule has 0 unspecified atom stereocenters. The molecule has 1 fully saturated rings. The summed E-state index contributed by atoms with van der Waals surface area (Å²) < 4.78 is 2.08. The van der Waals surface area contributed by atoms with Gasteiger partial charge in [-0.15, -0.1) is 0 Å². The zero-order chi connectivity index (χ0) is 11.0. The molecule has 0 saturated heterocycles. The zero-order valence-corrected chi connectivity index (χ0v) is 9.63. The van der Waals surface area contributed by atoms with Gasteiger partial charge in [0.1, 0.15) is 5.69 Å². The fourth-order valence-electron chi connectivity index (χ4n) is 2.04. The Morgan fingerprint density at radius 1 is 1.53 bits per heavy atom. The summed E-state index contributed by atoms with van der Waals surface area (Å²) in [7, 11) is 0. The van der Waals surface area contributed by atoms with E-state index in [-0.39, 0.29) is 5.91 Å². The average molecular weight is 206 g/mol. The molecule has 1 aromatic rings. The quantitative estimate of drug-likeness (QED) is 0.806. The number of aryl methyl sites for hydroxylation is 2. The second-order valence-electron chi connectivity index (χ2n) is 4.31. The van der Waals surface area contributed by atoms with Crippen molar-refractivity contribution >= 4 is 5.91 Å². The molecule has 0 bridgehead atoms. The third-order valence-electron chi connectivity index (χ3n) is 2.94. The molecule has 2 rings (SSSR count). The predicted octanol–water partition coefficient (Wildman–Crippen LogP) is 2.02. The lowest BCUT2D eigenvalue weighted by molar-refractivity contribution is 0.0941. The van der Waals surface area contributed by atoms with Gasteiger partial charge in [0.25, 0.3) is 5.91 Å². The number of aromatic nitrogens is 1. The van der Waals surface area contributed by atoms with Crippen molar-refractivity contribution in [1.29, 1.82) is 0 Å². The van der Waals surface area contributed by atoms with Gasteiger partial charge in [0, 0.05) is 18.3 Å². The van der Waals surface area contributed by atoms with Crippen LogP contribution in [0.15, 0.2) is 6.07 Å². The van der Waals surface area contributed by atoms with Gasteiger partial charge < -0.3 is 9.88 Å². The first-order valence-electron chi connectivity index (χ1n) is 5.61. The Morgan fingerprint density at radius 3 is 2.73 bits per heavy atom. The lowest BCUT2D eigenvalue weighted by Gasteiger charge is -2.09. The van der Waals surface area contributed by atoms with Crippen LogP contribution in [-0.2, 0) is 6.54 Å². The Morgan fingerprint density at radius 2 is 2.20 bits per heavy atom. The van der Waals surface area contributed by atoms with Crippen molar-refractivity contribution in [2.24, 2.45) is 0 Å². The summed E-state index contributed by atoms with van der Waals surface area (Å²) in [4.78, 5) is 12.0. The number of rotatable bonds is 3. The molecule has 3 nitrogen and oxygen atoms in total. The van der Waals surface area contributed by atoms with Crippen molar-refractivity contribution in [3.8, 4) is 0 Å². The molecular weight excluding hydrogens is 188 g/mol. The van der Waals surface area contributed by atoms with Gasteiger partial charge in [-0.2, -0.15) is 0 Å². The monoisotopic (exact) mass is 206 g/mol. The van der Waals surface area contributed by atoms with Crippen LogP contribution in [0, 0.1) is 13.8 Å². The molecule has 0 atom stereocenters. The third kappa shape index (κ3) is 1.91. The minimum atomic E-state index is 0.0879. The van der Waals surface area contributed by atoms with E-state index in [1.165, 1.54) is 0 Å². The van der Waals surface area contributed by atoms with Crippen molar-refractivity contribution < 1.29 is 4.79 Å². The summed E-state index contributed by atoms with van der Waals surface area (Å²) in [6, 6.07) is 2.50. The molecule has 1 heterocycles. The third-order valence-corrected chi connectivity index (χ3v) is 2.94. The minimum absolute atomic E-state index is 0.0879. The molecule has 1 amide bonds. The van der Waals surface area contributed by atoms with Crippen molar-refractivity contribution in [3.05, 3.63) is 23.0 Å². The number of hydrogen-bond donors (Lipinski definition) is 1. The van der Waals surface area contributed by atoms with Crippen molar-refractivity contribution in [1.82, 2.24) is 9.88 Å². The van der Waals surface area contributed by atoms with E-state index in [2.05, 4.69) is 22.9 Å². The average Bonchev–Trinajstić information content (AvgIpc) is 2.91. The Bertz CT molecular complexity index is 389. The Labute approximate surface area is 90.5 Å². The van der Waals surface area contributed by atoms with Gasteiger partial charge in [-0.3, -0.25) is 4.79 Å². The largest absolute Gasteiger partial charge is 0.348 e. The van der Waals surface area contributed by atoms with Crippen molar-refractivity contribution in [3.63, 3.8) is 0 Å². The van der Waals surface area contributed by atoms with Gasteiger partial charge in [-0.05, 0) is 45.2 Å². The number of nitrogens with one attached hydrogen (secondary N) is 1. The summed E-state index contributed by atoms with van der Waals surface area (Å²) in [5, 5.41) is 3.04. The molecule has 0 spiro atoms. The van der Waals surface area contributed by atoms with Crippen molar-refractivity contribution in [2.75, 3.05) is 0 Å². The lowest BCUT2D eigenvalue weighted by Crippen LogP contribution is -2.28. The molecule has 1 saturated carbocycles. The normalized spacial score (nSPS) is 15.4. The van der Waals surface area contributed by atoms with Gasteiger partial charge in [0.15, 0.2) is 0 Å². The summed E-state index contributed by atoms with van der Waals surface area (Å²) >= 11 is 0. The van der Waals surface area contributed by atoms with Crippen LogP contribution >= 0.6 is 0 Å². The first-order chi connectivity index (χ1) is 7.13. The van der Waals surface area contributed by atoms with Gasteiger partial charge in [0.2, 0.25) is 0 Å². The maximum absolute atomic E-state index is 12.0. The summed E-state index contributed by atoms with van der Waals surface area (Å²) in [5.74, 6) is 0.0879. The molecular formula is C12H18N2O. The van der Waals surface area contributed by atoms with E-state index in [9.17, 15) is 4.79 Å². The molecule has 82 valence electrons. The second-order valence-corrected chi connectivity index (χ2v) is 4.31. The SMILES string of the molecule is CCn1c(C)cc(C)c1C(=O)NC1CC1. The van der Waals surface area contributed by atoms with Crippen molar-refractivity contribution in [2.45, 2.75) is 46.2 Å². The van der Waals surface area contributed by atoms with Gasteiger partial charge in [0.05, 0.1) is 0 Å². The molecule has 15 heavy (non-hydrogen) atoms. The highest BCUT2D eigenvalue weighted by Gasteiger charge is 2.26. The smallest absolute Gasteiger partial charge is 0.268 e. The molecule has 1 N–H and O–H groups in total. The van der Waals surface area contributed by atoms with Gasteiger partial charge in [-0.25, -0.2) is 0 Å². The molecule has 3 heteroatoms. The van der Waals surface area contributed by atoms with E-state index < -0.39 is 0 Å². The van der Waals surface area contributed by atoms with Crippen LogP contribution in [0.3, 0.4) is 0 Å². The van der Waals surface area contributed by atoms with Crippen LogP contribution in [0.4, 0.5) is 0 Å². The maximum Gasteiger partial charge on any atom is 0.268 e. The number of carbonyl (C=O) groups excluding carboxylic acids is 1. The maximum atomic E-state index is 12.0. The van der Waals surface area contributed by atoms with Crippen LogP contribution in [-0.4, -0.2) is 16.5 Å². The van der Waals surface area contributed by atoms with Gasteiger partial charge >= 0.3 is 0 Å². The number of nitrogens with zero attached hydrogens (tertiary/aromatic N) is 1. The van der Waals surface area contributed by atoms with E-state index in [0.29, 0.717) is 6.04 Å². The first-order valence-corrected chi connectivity index (χ1v) is 5.61. The van der Waals surface area contributed by atoms with E-state index in [1.807, 2.05) is 13.8 Å². The fourth-order valence-corrected chi connectivity index (χ4v) is 2.04. The first kappa shape index (κ1) is 10.3. The molecule has 1 aromatic heterocycles. The number of hydrogen-bond acceptors (Lipinski definition) is 1. The van der Waals surface area contributed by atoms with Gasteiger partial charge in [-0.1, -0.05) is 0 Å². The summed E-state index contributed by atoms with van der Waals surface area (Å²) in [5.41, 5.74) is 3.07. The molecule has 0 aliphatic heterocycles. The number of amides is 1. The zero-order valence-electron chi connectivity index (χ0n) is 9.63. The topological polar surface area (TPSA) is 34.0 Å². The van der Waals surface area contributed by atoms with E-state index >= 15 is 0 Å². The highest BCUT2D eigenvalue weighted by molar-refractivity contribution is 5.94. The Kier molecular flexibility index (Phi) is 2.55. The van der Waals surface area contributed by atoms with Crippen LogP contribution < -0.4 is 5.32 Å². The van der Waals surface area contributed by atoms with Crippen LogP contribution in [0.1, 0.15) is 41.5 Å². The molecule has 0 aromatic carbocycles. The molecule has 1 aliphatic carbocycles. The van der Waals surface area contributed by atoms with E-state index in [1.54, 1.807) is 0 Å². The van der Waals surface area contributed by atoms with Crippen LogP contribution in [0.5, 0.6) is 0 Å².